The van der Waals surface area contributed by atoms with Crippen LogP contribution in [-0.2, 0) is 9.59 Å². The number of hydrogen-bond donors (Lipinski definition) is 3. The summed E-state index contributed by atoms with van der Waals surface area (Å²) in [7, 11) is 0. The number of nitrogens with one attached hydrogen (secondary N) is 2. The van der Waals surface area contributed by atoms with E-state index in [2.05, 4.69) is 31.8 Å². The third-order valence-corrected chi connectivity index (χ3v) is 4.89. The third kappa shape index (κ3) is 7.69. The lowest BCUT2D eigenvalue weighted by Crippen LogP contribution is -2.48. The largest absolute Gasteiger partial charge is 0.483 e. The lowest BCUT2D eigenvalue weighted by molar-refractivity contribution is -0.124. The summed E-state index contributed by atoms with van der Waals surface area (Å²) in [5.41, 5.74) is 8.52. The molecular weight excluding hydrogens is 488 g/mol. The maximum absolute atomic E-state index is 12.5. The molecule has 0 fully saturated rings. The molecule has 2 rings (SSSR count). The van der Waals surface area contributed by atoms with Crippen molar-refractivity contribution >= 4 is 51.5 Å². The molecule has 31 heavy (non-hydrogen) atoms. The van der Waals surface area contributed by atoms with Crippen LogP contribution in [0.15, 0.2) is 52.0 Å². The fourth-order valence-electron chi connectivity index (χ4n) is 2.49. The van der Waals surface area contributed by atoms with Gasteiger partial charge in [-0.05, 0) is 63.8 Å². The maximum Gasteiger partial charge on any atom is 0.262 e. The number of halogens is 2. The predicted molar refractivity (Wildman–Crippen MR) is 122 cm³/mol. The molecule has 0 aliphatic heterocycles. The smallest absolute Gasteiger partial charge is 0.262 e. The summed E-state index contributed by atoms with van der Waals surface area (Å²) in [5.74, 6) is -1.17. The molecule has 0 saturated carbocycles. The summed E-state index contributed by atoms with van der Waals surface area (Å²) in [6.45, 7) is 3.39. The Morgan fingerprint density at radius 2 is 1.97 bits per heavy atom. The van der Waals surface area contributed by atoms with Crippen molar-refractivity contribution in [3.8, 4) is 5.75 Å². The van der Waals surface area contributed by atoms with E-state index in [1.165, 1.54) is 12.3 Å². The van der Waals surface area contributed by atoms with Gasteiger partial charge in [-0.3, -0.25) is 14.4 Å². The van der Waals surface area contributed by atoms with E-state index in [0.29, 0.717) is 26.4 Å². The first kappa shape index (κ1) is 24.4. The number of ether oxygens (including phenoxy) is 1. The van der Waals surface area contributed by atoms with Crippen LogP contribution in [0, 0.1) is 5.92 Å². The average molecular weight is 510 g/mol. The highest BCUT2D eigenvalue weighted by molar-refractivity contribution is 9.10. The minimum atomic E-state index is -0.792. The van der Waals surface area contributed by atoms with Crippen LogP contribution in [0.5, 0.6) is 5.75 Å². The first-order valence-corrected chi connectivity index (χ1v) is 10.4. The standard InChI is InChI=1S/C21H22BrClN4O4/c1-12(2)19(26-20(29)14-4-3-5-15(23)9-14)21(30)27-25-10-13-6-7-17(16(22)8-13)31-11-18(24)28/h3-10,12,19H,11H2,1-2H3,(H2,24,28)(H,26,29)(H,27,30)/b25-10-. The first-order chi connectivity index (χ1) is 14.7. The SMILES string of the molecule is CC(C)C(NC(=O)c1cccc(Cl)c1)C(=O)N/N=C\c1ccc(OCC(N)=O)c(Br)c1. The molecule has 8 nitrogen and oxygen atoms in total. The van der Waals surface area contributed by atoms with Gasteiger partial charge < -0.3 is 15.8 Å². The molecule has 2 aromatic carbocycles. The first-order valence-electron chi connectivity index (χ1n) is 9.27. The van der Waals surface area contributed by atoms with Crippen molar-refractivity contribution < 1.29 is 19.1 Å². The number of rotatable bonds is 9. The minimum absolute atomic E-state index is 0.172. The molecule has 0 saturated heterocycles. The van der Waals surface area contributed by atoms with Crippen molar-refractivity contribution in [3.63, 3.8) is 0 Å². The number of amides is 3. The van der Waals surface area contributed by atoms with Gasteiger partial charge in [-0.2, -0.15) is 5.10 Å². The number of hydrogen-bond acceptors (Lipinski definition) is 5. The Labute approximate surface area is 193 Å². The van der Waals surface area contributed by atoms with E-state index in [4.69, 9.17) is 22.1 Å². The second-order valence-electron chi connectivity index (χ2n) is 6.88. The van der Waals surface area contributed by atoms with Gasteiger partial charge in [-0.1, -0.05) is 31.5 Å². The Morgan fingerprint density at radius 3 is 2.58 bits per heavy atom. The van der Waals surface area contributed by atoms with Gasteiger partial charge in [0.05, 0.1) is 10.7 Å². The molecular formula is C21H22BrClN4O4. The normalized spacial score (nSPS) is 11.9. The number of nitrogens with two attached hydrogens (primary N) is 1. The monoisotopic (exact) mass is 508 g/mol. The molecule has 0 spiro atoms. The van der Waals surface area contributed by atoms with Crippen LogP contribution in [0.25, 0.3) is 0 Å². The Kier molecular flexibility index (Phi) is 9.02. The summed E-state index contributed by atoms with van der Waals surface area (Å²) < 4.78 is 5.85. The van der Waals surface area contributed by atoms with Gasteiger partial charge in [0.2, 0.25) is 0 Å². The van der Waals surface area contributed by atoms with Gasteiger partial charge in [0.15, 0.2) is 6.61 Å². The Morgan fingerprint density at radius 1 is 1.23 bits per heavy atom. The zero-order chi connectivity index (χ0) is 23.0. The Balaban J connectivity index is 1.99. The van der Waals surface area contributed by atoms with Gasteiger partial charge in [-0.25, -0.2) is 5.43 Å². The Bertz CT molecular complexity index is 997. The fraction of sp³-hybridized carbons (Fsp3) is 0.238. The van der Waals surface area contributed by atoms with Crippen molar-refractivity contribution in [2.24, 2.45) is 16.8 Å². The van der Waals surface area contributed by atoms with Crippen molar-refractivity contribution in [2.75, 3.05) is 6.61 Å². The molecule has 4 N–H and O–H groups in total. The van der Waals surface area contributed by atoms with Crippen LogP contribution in [0.1, 0.15) is 29.8 Å². The number of nitrogens with zero attached hydrogens (tertiary/aromatic N) is 1. The van der Waals surface area contributed by atoms with Crippen molar-refractivity contribution in [1.82, 2.24) is 10.7 Å². The topological polar surface area (TPSA) is 123 Å². The zero-order valence-electron chi connectivity index (χ0n) is 16.9. The van der Waals surface area contributed by atoms with Gasteiger partial charge in [0.1, 0.15) is 11.8 Å². The molecule has 2 aromatic rings. The van der Waals surface area contributed by atoms with Crippen LogP contribution >= 0.6 is 27.5 Å². The Hall–Kier alpha value is -2.91. The zero-order valence-corrected chi connectivity index (χ0v) is 19.2. The lowest BCUT2D eigenvalue weighted by atomic mass is 10.0. The second kappa shape index (κ2) is 11.5. The summed E-state index contributed by atoms with van der Waals surface area (Å²) in [5, 5.41) is 7.08. The van der Waals surface area contributed by atoms with Gasteiger partial charge in [0, 0.05) is 10.6 Å². The van der Waals surface area contributed by atoms with E-state index in [0.717, 1.165) is 0 Å². The van der Waals surface area contributed by atoms with Crippen molar-refractivity contribution in [3.05, 3.63) is 63.1 Å². The number of carbonyl (C=O) groups excluding carboxylic acids is 3. The van der Waals surface area contributed by atoms with E-state index in [-0.39, 0.29) is 12.5 Å². The van der Waals surface area contributed by atoms with Gasteiger partial charge in [-0.15, -0.1) is 0 Å². The summed E-state index contributed by atoms with van der Waals surface area (Å²) in [6.07, 6.45) is 1.44. The van der Waals surface area contributed by atoms with Crippen molar-refractivity contribution in [2.45, 2.75) is 19.9 Å². The summed E-state index contributed by atoms with van der Waals surface area (Å²) in [4.78, 5) is 35.8. The van der Waals surface area contributed by atoms with E-state index in [1.807, 2.05) is 13.8 Å². The van der Waals surface area contributed by atoms with Crippen LogP contribution in [-0.4, -0.2) is 36.6 Å². The van der Waals surface area contributed by atoms with Crippen molar-refractivity contribution in [1.29, 1.82) is 0 Å². The lowest BCUT2D eigenvalue weighted by Gasteiger charge is -2.20. The van der Waals surface area contributed by atoms with E-state index in [9.17, 15) is 14.4 Å². The molecule has 0 aliphatic rings. The minimum Gasteiger partial charge on any atom is -0.483 e. The van der Waals surface area contributed by atoms with Gasteiger partial charge in [0.25, 0.3) is 17.7 Å². The van der Waals surface area contributed by atoms with Crippen LogP contribution in [0.4, 0.5) is 0 Å². The highest BCUT2D eigenvalue weighted by Crippen LogP contribution is 2.25. The highest BCUT2D eigenvalue weighted by Gasteiger charge is 2.24. The van der Waals surface area contributed by atoms with Gasteiger partial charge >= 0.3 is 0 Å². The molecule has 0 aliphatic carbocycles. The maximum atomic E-state index is 12.5. The molecule has 1 atom stereocenters. The van der Waals surface area contributed by atoms with E-state index >= 15 is 0 Å². The van der Waals surface area contributed by atoms with E-state index in [1.54, 1.807) is 36.4 Å². The number of primary amides is 1. The van der Waals surface area contributed by atoms with Crippen LogP contribution in [0.3, 0.4) is 0 Å². The molecule has 164 valence electrons. The summed E-state index contributed by atoms with van der Waals surface area (Å²) in [6, 6.07) is 10.7. The van der Waals surface area contributed by atoms with Crippen LogP contribution in [0.2, 0.25) is 5.02 Å². The predicted octanol–water partition coefficient (Wildman–Crippen LogP) is 2.87. The molecule has 0 bridgehead atoms. The average Bonchev–Trinajstić information content (AvgIpc) is 2.70. The molecule has 0 radical (unpaired) electrons. The quantitative estimate of drug-likeness (QED) is 0.355. The fourth-order valence-corrected chi connectivity index (χ4v) is 3.19. The van der Waals surface area contributed by atoms with E-state index < -0.39 is 23.8 Å². The molecule has 1 unspecified atom stereocenters. The van der Waals surface area contributed by atoms with Crippen LogP contribution < -0.4 is 21.2 Å². The second-order valence-corrected chi connectivity index (χ2v) is 8.18. The molecule has 0 aromatic heterocycles. The number of hydrazone groups is 1. The number of benzene rings is 2. The highest BCUT2D eigenvalue weighted by atomic mass is 79.9. The molecule has 10 heteroatoms. The molecule has 3 amide bonds. The summed E-state index contributed by atoms with van der Waals surface area (Å²) >= 11 is 9.25. The number of carbonyl (C=O) groups is 3. The molecule has 0 heterocycles. The third-order valence-electron chi connectivity index (χ3n) is 4.04.